The molecule has 5 atom stereocenters. The van der Waals surface area contributed by atoms with Crippen molar-refractivity contribution in [2.24, 2.45) is 5.92 Å². The van der Waals surface area contributed by atoms with E-state index in [-0.39, 0.29) is 35.9 Å². The van der Waals surface area contributed by atoms with E-state index in [4.69, 9.17) is 25.3 Å². The quantitative estimate of drug-likeness (QED) is 0.531. The molecule has 0 spiro atoms. The van der Waals surface area contributed by atoms with E-state index >= 15 is 0 Å². The molecule has 9 nitrogen and oxygen atoms in total. The molecule has 0 aliphatic carbocycles. The third kappa shape index (κ3) is 3.90. The molecule has 5 unspecified atom stereocenters. The van der Waals surface area contributed by atoms with Crippen LogP contribution in [0.5, 0.6) is 0 Å². The molecule has 0 bridgehead atoms. The van der Waals surface area contributed by atoms with E-state index in [1.165, 1.54) is 6.33 Å². The Balaban J connectivity index is 1.88. The highest BCUT2D eigenvalue weighted by Gasteiger charge is 2.47. The van der Waals surface area contributed by atoms with Gasteiger partial charge in [-0.25, -0.2) is 19.2 Å². The van der Waals surface area contributed by atoms with Gasteiger partial charge in [-0.05, 0) is 20.8 Å². The molecule has 2 aromatic rings. The molecule has 2 aromatic heterocycles. The first-order valence-electron chi connectivity index (χ1n) is 8.11. The van der Waals surface area contributed by atoms with Crippen molar-refractivity contribution in [2.75, 3.05) is 6.61 Å². The maximum absolute atomic E-state index is 10.7. The standard InChI is InChI=1S/C15H21ClN4O5S/c1-8(5-23-26(21)22)11-12(25-15(3,4)24-11)9(2)20-7-19-10-13(16)17-6-18-14(10)20/h6-9,11-12H,5H2,1-4H3,(H,21,22)/p-1. The lowest BCUT2D eigenvalue weighted by molar-refractivity contribution is -0.153. The molecule has 0 radical (unpaired) electrons. The third-order valence-corrected chi connectivity index (χ3v) is 4.99. The van der Waals surface area contributed by atoms with E-state index in [9.17, 15) is 8.76 Å². The summed E-state index contributed by atoms with van der Waals surface area (Å²) in [7, 11) is 0. The van der Waals surface area contributed by atoms with Crippen LogP contribution in [0.15, 0.2) is 12.7 Å². The van der Waals surface area contributed by atoms with Crippen molar-refractivity contribution in [1.82, 2.24) is 19.5 Å². The van der Waals surface area contributed by atoms with Crippen LogP contribution >= 0.6 is 11.6 Å². The molecule has 0 saturated carbocycles. The monoisotopic (exact) mass is 403 g/mol. The highest BCUT2D eigenvalue weighted by atomic mass is 35.5. The fraction of sp³-hybridized carbons (Fsp3) is 0.667. The minimum absolute atomic E-state index is 0.00210. The smallest absolute Gasteiger partial charge is 0.165 e. The molecule has 0 N–H and O–H groups in total. The lowest BCUT2D eigenvalue weighted by Gasteiger charge is -2.28. The molecule has 3 rings (SSSR count). The number of rotatable bonds is 6. The van der Waals surface area contributed by atoms with Gasteiger partial charge in [-0.3, -0.25) is 0 Å². The van der Waals surface area contributed by atoms with Crippen LogP contribution < -0.4 is 0 Å². The maximum atomic E-state index is 10.7. The summed E-state index contributed by atoms with van der Waals surface area (Å²) in [6.07, 6.45) is 2.27. The molecule has 1 fully saturated rings. The van der Waals surface area contributed by atoms with Crippen LogP contribution in [0.3, 0.4) is 0 Å². The summed E-state index contributed by atoms with van der Waals surface area (Å²) in [4.78, 5) is 12.5. The van der Waals surface area contributed by atoms with Gasteiger partial charge < -0.3 is 22.8 Å². The van der Waals surface area contributed by atoms with Crippen LogP contribution in [0.4, 0.5) is 0 Å². The van der Waals surface area contributed by atoms with Crippen LogP contribution in [-0.2, 0) is 25.0 Å². The zero-order valence-electron chi connectivity index (χ0n) is 14.8. The second kappa shape index (κ2) is 7.45. The predicted octanol–water partition coefficient (Wildman–Crippen LogP) is 2.01. The van der Waals surface area contributed by atoms with Gasteiger partial charge in [-0.15, -0.1) is 0 Å². The SMILES string of the molecule is CC(COS(=O)[O-])C1OC(C)(C)OC1C(C)n1cnc2c(Cl)ncnc21. The first-order valence-corrected chi connectivity index (χ1v) is 9.48. The second-order valence-corrected chi connectivity index (χ2v) is 7.76. The fourth-order valence-corrected chi connectivity index (χ4v) is 3.67. The molecule has 3 heterocycles. The van der Waals surface area contributed by atoms with E-state index in [1.54, 1.807) is 6.33 Å². The van der Waals surface area contributed by atoms with E-state index < -0.39 is 17.1 Å². The number of hydrogen-bond donors (Lipinski definition) is 0. The predicted molar refractivity (Wildman–Crippen MR) is 92.9 cm³/mol. The van der Waals surface area contributed by atoms with Gasteiger partial charge in [0.05, 0.1) is 36.4 Å². The normalized spacial score (nSPS) is 26.1. The van der Waals surface area contributed by atoms with Gasteiger partial charge in [0.25, 0.3) is 0 Å². The number of fused-ring (bicyclic) bond motifs is 1. The lowest BCUT2D eigenvalue weighted by Crippen LogP contribution is -2.37. The van der Waals surface area contributed by atoms with Crippen LogP contribution in [0.1, 0.15) is 33.7 Å². The third-order valence-electron chi connectivity index (χ3n) is 4.38. The maximum Gasteiger partial charge on any atom is 0.165 e. The fourth-order valence-electron chi connectivity index (χ4n) is 3.17. The average molecular weight is 404 g/mol. The molecule has 1 aliphatic heterocycles. The Hall–Kier alpha value is -1.17. The van der Waals surface area contributed by atoms with Gasteiger partial charge in [0, 0.05) is 5.92 Å². The van der Waals surface area contributed by atoms with E-state index in [0.717, 1.165) is 0 Å². The number of halogens is 1. The van der Waals surface area contributed by atoms with Crippen LogP contribution in [-0.4, -0.2) is 52.9 Å². The Labute approximate surface area is 158 Å². The molecule has 26 heavy (non-hydrogen) atoms. The first kappa shape index (κ1) is 19.6. The van der Waals surface area contributed by atoms with Crippen molar-refractivity contribution in [3.05, 3.63) is 17.8 Å². The number of aromatic nitrogens is 4. The Morgan fingerprint density at radius 1 is 1.35 bits per heavy atom. The van der Waals surface area contributed by atoms with Crippen molar-refractivity contribution in [1.29, 1.82) is 0 Å². The molecule has 1 saturated heterocycles. The average Bonchev–Trinajstić information content (AvgIpc) is 3.13. The van der Waals surface area contributed by atoms with Crippen molar-refractivity contribution >= 4 is 34.1 Å². The lowest BCUT2D eigenvalue weighted by atomic mass is 9.96. The minimum Gasteiger partial charge on any atom is -0.750 e. The molecular weight excluding hydrogens is 384 g/mol. The van der Waals surface area contributed by atoms with Crippen molar-refractivity contribution in [3.63, 3.8) is 0 Å². The van der Waals surface area contributed by atoms with Crippen molar-refractivity contribution in [3.8, 4) is 0 Å². The van der Waals surface area contributed by atoms with Crippen LogP contribution in [0, 0.1) is 5.92 Å². The van der Waals surface area contributed by atoms with Crippen molar-refractivity contribution in [2.45, 2.75) is 51.7 Å². The summed E-state index contributed by atoms with van der Waals surface area (Å²) in [6, 6.07) is -0.196. The zero-order chi connectivity index (χ0) is 19.1. The summed E-state index contributed by atoms with van der Waals surface area (Å²) in [6.45, 7) is 7.45. The van der Waals surface area contributed by atoms with Crippen LogP contribution in [0.25, 0.3) is 11.2 Å². The highest BCUT2D eigenvalue weighted by Crippen LogP contribution is 2.38. The van der Waals surface area contributed by atoms with E-state index in [1.807, 2.05) is 32.3 Å². The summed E-state index contributed by atoms with van der Waals surface area (Å²) < 4.78 is 40.1. The molecular formula is C15H20ClN4O5S-. The summed E-state index contributed by atoms with van der Waals surface area (Å²) >= 11 is 3.50. The van der Waals surface area contributed by atoms with E-state index in [0.29, 0.717) is 11.2 Å². The number of nitrogens with zero attached hydrogens (tertiary/aromatic N) is 4. The Bertz CT molecular complexity index is 816. The largest absolute Gasteiger partial charge is 0.750 e. The van der Waals surface area contributed by atoms with Gasteiger partial charge in [0.15, 0.2) is 16.6 Å². The molecule has 11 heteroatoms. The molecule has 144 valence electrons. The summed E-state index contributed by atoms with van der Waals surface area (Å²) in [5.41, 5.74) is 1.10. The number of hydrogen-bond acceptors (Lipinski definition) is 8. The minimum atomic E-state index is -2.57. The van der Waals surface area contributed by atoms with E-state index in [2.05, 4.69) is 15.0 Å². The first-order chi connectivity index (χ1) is 12.2. The molecule has 0 amide bonds. The van der Waals surface area contributed by atoms with Gasteiger partial charge in [-0.2, -0.15) is 0 Å². The zero-order valence-corrected chi connectivity index (χ0v) is 16.4. The second-order valence-electron chi connectivity index (χ2n) is 6.76. The van der Waals surface area contributed by atoms with Gasteiger partial charge in [0.2, 0.25) is 0 Å². The number of ether oxygens (including phenoxy) is 2. The van der Waals surface area contributed by atoms with Gasteiger partial charge in [0.1, 0.15) is 17.9 Å². The van der Waals surface area contributed by atoms with Crippen LogP contribution in [0.2, 0.25) is 5.15 Å². The molecule has 1 aliphatic rings. The number of imidazole rings is 1. The summed E-state index contributed by atoms with van der Waals surface area (Å²) in [5.74, 6) is -1.02. The van der Waals surface area contributed by atoms with Gasteiger partial charge in [-0.1, -0.05) is 18.5 Å². The Kier molecular flexibility index (Phi) is 5.61. The topological polar surface area (TPSA) is 111 Å². The Morgan fingerprint density at radius 3 is 2.73 bits per heavy atom. The summed E-state index contributed by atoms with van der Waals surface area (Å²) in [5, 5.41) is 0.279. The molecule has 0 aromatic carbocycles. The Morgan fingerprint density at radius 2 is 2.04 bits per heavy atom. The van der Waals surface area contributed by atoms with Crippen molar-refractivity contribution < 1.29 is 22.4 Å². The van der Waals surface area contributed by atoms with Gasteiger partial charge >= 0.3 is 0 Å². The highest BCUT2D eigenvalue weighted by molar-refractivity contribution is 7.74.